The van der Waals surface area contributed by atoms with Gasteiger partial charge in [0.25, 0.3) is 0 Å². The Morgan fingerprint density at radius 1 is 1.05 bits per heavy atom. The lowest BCUT2D eigenvalue weighted by atomic mass is 9.43. The van der Waals surface area contributed by atoms with Gasteiger partial charge in [-0.25, -0.2) is 9.59 Å². The molecule has 4 saturated carbocycles. The molecule has 1 aromatic rings. The van der Waals surface area contributed by atoms with E-state index < -0.39 is 24.0 Å². The van der Waals surface area contributed by atoms with Gasteiger partial charge in [0, 0.05) is 43.6 Å². The van der Waals surface area contributed by atoms with Gasteiger partial charge in [0.15, 0.2) is 0 Å². The molecule has 0 bridgehead atoms. The molecule has 2 unspecified atom stereocenters. The van der Waals surface area contributed by atoms with E-state index >= 15 is 0 Å². The number of carboxylic acid groups (broad SMARTS) is 1. The van der Waals surface area contributed by atoms with Crippen molar-refractivity contribution in [1.82, 2.24) is 9.80 Å². The van der Waals surface area contributed by atoms with Crippen LogP contribution in [0.25, 0.3) is 0 Å². The van der Waals surface area contributed by atoms with Crippen molar-refractivity contribution in [2.24, 2.45) is 28.6 Å². The minimum Gasteiger partial charge on any atom is -0.465 e. The minimum atomic E-state index is -0.909. The number of hydrogen-bond acceptors (Lipinski definition) is 7. The summed E-state index contributed by atoms with van der Waals surface area (Å²) < 4.78 is 5.21. The second-order valence-electron chi connectivity index (χ2n) is 14.1. The number of nitrogens with zero attached hydrogens (tertiary/aromatic N) is 2. The van der Waals surface area contributed by atoms with Crippen molar-refractivity contribution in [3.05, 3.63) is 34.4 Å². The molecule has 9 heteroatoms. The van der Waals surface area contributed by atoms with E-state index in [-0.39, 0.29) is 34.3 Å². The Balaban J connectivity index is 1.16. The van der Waals surface area contributed by atoms with Gasteiger partial charge in [0.2, 0.25) is 0 Å². The van der Waals surface area contributed by atoms with Gasteiger partial charge in [-0.1, -0.05) is 13.8 Å². The van der Waals surface area contributed by atoms with Crippen molar-refractivity contribution in [1.29, 1.82) is 0 Å². The van der Waals surface area contributed by atoms with Crippen LogP contribution in [0.3, 0.4) is 0 Å². The van der Waals surface area contributed by atoms with E-state index in [9.17, 15) is 30.0 Å². The van der Waals surface area contributed by atoms with Crippen LogP contribution >= 0.6 is 0 Å². The first kappa shape index (κ1) is 28.2. The molecule has 10 atom stereocenters. The zero-order valence-electron chi connectivity index (χ0n) is 23.9. The van der Waals surface area contributed by atoms with Gasteiger partial charge in [-0.05, 0) is 98.5 Å². The average Bonchev–Trinajstić information content (AvgIpc) is 3.38. The lowest BCUT2D eigenvalue weighted by Crippen LogP contribution is -2.62. The summed E-state index contributed by atoms with van der Waals surface area (Å²) in [5.74, 6) is 1.23. The largest absolute Gasteiger partial charge is 0.465 e. The highest BCUT2D eigenvalue weighted by Gasteiger charge is 2.67. The van der Waals surface area contributed by atoms with E-state index in [0.29, 0.717) is 37.9 Å². The van der Waals surface area contributed by atoms with Gasteiger partial charge in [-0.3, -0.25) is 4.90 Å². The van der Waals surface area contributed by atoms with Crippen LogP contribution < -0.4 is 5.63 Å². The van der Waals surface area contributed by atoms with Crippen LogP contribution in [-0.4, -0.2) is 79.9 Å². The average molecular weight is 559 g/mol. The Morgan fingerprint density at radius 2 is 1.85 bits per heavy atom. The van der Waals surface area contributed by atoms with Gasteiger partial charge in [0.1, 0.15) is 6.23 Å². The third-order valence-electron chi connectivity index (χ3n) is 12.6. The van der Waals surface area contributed by atoms with E-state index in [4.69, 9.17) is 4.42 Å². The summed E-state index contributed by atoms with van der Waals surface area (Å²) in [7, 11) is 0. The van der Waals surface area contributed by atoms with Crippen molar-refractivity contribution in [2.45, 2.75) is 108 Å². The number of carbonyl (C=O) groups is 1. The summed E-state index contributed by atoms with van der Waals surface area (Å²) in [4.78, 5) is 27.2. The third kappa shape index (κ3) is 4.34. The number of aliphatic hydroxyl groups excluding tert-OH is 2. The number of hydrogen-bond donors (Lipinski definition) is 4. The van der Waals surface area contributed by atoms with E-state index in [2.05, 4.69) is 13.8 Å². The predicted octanol–water partition coefficient (Wildman–Crippen LogP) is 3.61. The number of β-amino-alcohol motifs (C(OH)–C–C–N with tert-alkyl or cyclic N) is 1. The molecule has 5 fully saturated rings. The smallest absolute Gasteiger partial charge is 0.407 e. The zero-order chi connectivity index (χ0) is 28.4. The molecular weight excluding hydrogens is 512 g/mol. The predicted molar refractivity (Wildman–Crippen MR) is 148 cm³/mol. The molecule has 6 rings (SSSR count). The molecule has 0 radical (unpaired) electrons. The first-order valence-corrected chi connectivity index (χ1v) is 15.4. The summed E-state index contributed by atoms with van der Waals surface area (Å²) in [6, 6.07) is 3.32. The Kier molecular flexibility index (Phi) is 7.12. The summed E-state index contributed by atoms with van der Waals surface area (Å²) >= 11 is 0. The van der Waals surface area contributed by atoms with Crippen molar-refractivity contribution in [3.8, 4) is 0 Å². The van der Waals surface area contributed by atoms with E-state index in [1.54, 1.807) is 16.1 Å². The lowest BCUT2D eigenvalue weighted by Gasteiger charge is -2.64. The summed E-state index contributed by atoms with van der Waals surface area (Å²) in [5.41, 5.74) is -0.269. The highest BCUT2D eigenvalue weighted by atomic mass is 16.4. The van der Waals surface area contributed by atoms with Crippen molar-refractivity contribution < 1.29 is 29.6 Å². The zero-order valence-corrected chi connectivity index (χ0v) is 23.9. The maximum Gasteiger partial charge on any atom is 0.407 e. The molecule has 2 heterocycles. The number of aliphatic hydroxyl groups is 3. The fourth-order valence-corrected chi connectivity index (χ4v) is 10.4. The Morgan fingerprint density at radius 3 is 2.52 bits per heavy atom. The SMILES string of the molecule is C[C@@]12CCC(N(CCN3C[C@H](O)C[C@@H]3O)C(=O)O)CC1CC[C@@H]1[C@@H]2CC[C@]2(C)[C@@H](c3ccc(=O)oc3)CC[C@]12O. The molecule has 4 aliphatic carbocycles. The molecule has 0 aromatic carbocycles. The lowest BCUT2D eigenvalue weighted by molar-refractivity contribution is -0.203. The molecule has 1 saturated heterocycles. The van der Waals surface area contributed by atoms with Crippen LogP contribution in [0.15, 0.2) is 27.6 Å². The van der Waals surface area contributed by atoms with Crippen molar-refractivity contribution in [3.63, 3.8) is 0 Å². The fraction of sp³-hybridized carbons (Fsp3) is 0.806. The first-order chi connectivity index (χ1) is 19.0. The third-order valence-corrected chi connectivity index (χ3v) is 12.6. The van der Waals surface area contributed by atoms with Gasteiger partial charge in [0.05, 0.1) is 18.0 Å². The normalized spacial score (nSPS) is 45.0. The Bertz CT molecular complexity index is 1150. The molecule has 1 aromatic heterocycles. The maximum atomic E-state index is 12.5. The summed E-state index contributed by atoms with van der Waals surface area (Å²) in [6.45, 7) is 5.79. The van der Waals surface area contributed by atoms with Crippen LogP contribution in [0.5, 0.6) is 0 Å². The molecule has 0 spiro atoms. The van der Waals surface area contributed by atoms with Gasteiger partial charge in [-0.15, -0.1) is 0 Å². The van der Waals surface area contributed by atoms with Crippen LogP contribution in [0.4, 0.5) is 4.79 Å². The monoisotopic (exact) mass is 558 g/mol. The second-order valence-corrected chi connectivity index (χ2v) is 14.1. The van der Waals surface area contributed by atoms with Crippen molar-refractivity contribution >= 4 is 6.09 Å². The van der Waals surface area contributed by atoms with Crippen LogP contribution in [0.1, 0.15) is 89.5 Å². The number of rotatable bonds is 5. The van der Waals surface area contributed by atoms with Crippen molar-refractivity contribution in [2.75, 3.05) is 19.6 Å². The Hall–Kier alpha value is -1.94. The summed E-state index contributed by atoms with van der Waals surface area (Å²) in [5, 5.41) is 42.6. The first-order valence-electron chi connectivity index (χ1n) is 15.4. The van der Waals surface area contributed by atoms with Gasteiger partial charge < -0.3 is 29.7 Å². The van der Waals surface area contributed by atoms with Crippen LogP contribution in [0, 0.1) is 28.6 Å². The maximum absolute atomic E-state index is 12.5. The highest BCUT2D eigenvalue weighted by Crippen LogP contribution is 2.70. The van der Waals surface area contributed by atoms with E-state index in [0.717, 1.165) is 63.4 Å². The molecule has 5 aliphatic rings. The molecule has 222 valence electrons. The minimum absolute atomic E-state index is 0.0441. The molecular formula is C31H46N2O7. The molecule has 4 N–H and O–H groups in total. The number of fused-ring (bicyclic) bond motifs is 5. The summed E-state index contributed by atoms with van der Waals surface area (Å²) in [6.07, 6.45) is 7.96. The van der Waals surface area contributed by atoms with Gasteiger partial charge in [-0.2, -0.15) is 0 Å². The van der Waals surface area contributed by atoms with Gasteiger partial charge >= 0.3 is 11.7 Å². The molecule has 1 amide bonds. The quantitative estimate of drug-likeness (QED) is 0.431. The van der Waals surface area contributed by atoms with Crippen LogP contribution in [-0.2, 0) is 0 Å². The topological polar surface area (TPSA) is 135 Å². The molecule has 1 aliphatic heterocycles. The number of likely N-dealkylation sites (tertiary alicyclic amines) is 1. The highest BCUT2D eigenvalue weighted by molar-refractivity contribution is 5.65. The van der Waals surface area contributed by atoms with Crippen LogP contribution in [0.2, 0.25) is 0 Å². The number of amides is 1. The van der Waals surface area contributed by atoms with E-state index in [1.165, 1.54) is 6.07 Å². The molecule has 40 heavy (non-hydrogen) atoms. The fourth-order valence-electron chi connectivity index (χ4n) is 10.4. The standard InChI is InChI=1S/C31H46N2O7/c1-29-10-7-21(33(28(37)38)14-13-32-17-22(34)16-26(32)35)15-20(29)4-5-25-24(29)8-11-30(2)23(9-12-31(25,30)39)19-3-6-27(36)40-18-19/h3,6,18,20-26,34-35,39H,4-5,7-17H2,1-2H3,(H,37,38)/t20?,21?,22-,23-,24+,25-,26+,29-,30-,31+/m1/s1. The second kappa shape index (κ2) is 10.1. The van der Waals surface area contributed by atoms with E-state index in [1.807, 2.05) is 6.07 Å². The Labute approximate surface area is 236 Å². The molecule has 9 nitrogen and oxygen atoms in total.